The Labute approximate surface area is 222 Å². The molecule has 4 heterocycles. The van der Waals surface area contributed by atoms with Crippen LogP contribution in [0.3, 0.4) is 0 Å². The van der Waals surface area contributed by atoms with Crippen molar-refractivity contribution in [2.75, 3.05) is 0 Å². The Hall–Kier alpha value is -2.66. The van der Waals surface area contributed by atoms with Crippen molar-refractivity contribution in [3.05, 3.63) is 65.4 Å². The van der Waals surface area contributed by atoms with Gasteiger partial charge in [0.15, 0.2) is 0 Å². The minimum absolute atomic E-state index is 0. The largest absolute Gasteiger partial charge is 2.00 e. The second-order valence-electron chi connectivity index (χ2n) is 10.8. The van der Waals surface area contributed by atoms with Crippen LogP contribution >= 0.6 is 0 Å². The second kappa shape index (κ2) is 10.9. The van der Waals surface area contributed by atoms with Crippen molar-refractivity contribution in [2.45, 2.75) is 78.1 Å². The molecule has 5 rings (SSSR count). The first-order valence-corrected chi connectivity index (χ1v) is 11.9. The van der Waals surface area contributed by atoms with Crippen molar-refractivity contribution in [3.63, 3.8) is 0 Å². The summed E-state index contributed by atoms with van der Waals surface area (Å²) >= 11 is 0. The van der Waals surface area contributed by atoms with E-state index in [-0.39, 0.29) is 31.9 Å². The third kappa shape index (κ3) is 6.52. The fraction of sp³-hybridized carbons (Fsp3) is 0.444. The van der Waals surface area contributed by atoms with E-state index in [2.05, 4.69) is 89.0 Å². The maximum absolute atomic E-state index is 4.67. The molecule has 0 amide bonds. The van der Waals surface area contributed by atoms with Crippen LogP contribution in [0.2, 0.25) is 0 Å². The summed E-state index contributed by atoms with van der Waals surface area (Å²) in [5, 5.41) is 17.2. The van der Waals surface area contributed by atoms with Crippen LogP contribution < -0.4 is 10.2 Å². The smallest absolute Gasteiger partial charge is 0.573 e. The molecule has 4 aromatic rings. The van der Waals surface area contributed by atoms with Crippen LogP contribution in [0.5, 0.6) is 0 Å². The number of fused-ring (bicyclic) bond motifs is 1. The molecule has 0 aliphatic heterocycles. The Morgan fingerprint density at radius 3 is 2.14 bits per heavy atom. The Morgan fingerprint density at radius 2 is 1.51 bits per heavy atom. The normalized spacial score (nSPS) is 13.3. The quantitative estimate of drug-likeness (QED) is 0.299. The van der Waals surface area contributed by atoms with Crippen molar-refractivity contribution < 1.29 is 21.1 Å². The molecule has 4 aromatic heterocycles. The number of rotatable bonds is 2. The minimum Gasteiger partial charge on any atom is -0.573 e. The van der Waals surface area contributed by atoms with E-state index in [1.165, 1.54) is 24.0 Å². The third-order valence-corrected chi connectivity index (χ3v) is 5.98. The summed E-state index contributed by atoms with van der Waals surface area (Å²) in [4.78, 5) is 13.0. The molecular formula is C27H33N7Pt. The summed E-state index contributed by atoms with van der Waals surface area (Å²) in [6.45, 7) is 12.9. The molecule has 1 aliphatic rings. The van der Waals surface area contributed by atoms with Gasteiger partial charge in [-0.1, -0.05) is 59.0 Å². The van der Waals surface area contributed by atoms with Crippen LogP contribution in [0.15, 0.2) is 42.9 Å². The molecule has 0 unspecified atom stereocenters. The fourth-order valence-corrected chi connectivity index (χ4v) is 3.87. The maximum atomic E-state index is 4.67. The zero-order valence-electron chi connectivity index (χ0n) is 21.3. The van der Waals surface area contributed by atoms with Gasteiger partial charge >= 0.3 is 21.1 Å². The van der Waals surface area contributed by atoms with Gasteiger partial charge in [-0.2, -0.15) is 0 Å². The Balaban J connectivity index is 0.000000264. The summed E-state index contributed by atoms with van der Waals surface area (Å²) in [5.74, 6) is 0.586. The van der Waals surface area contributed by atoms with Crippen molar-refractivity contribution in [3.8, 4) is 22.9 Å². The molecule has 0 fully saturated rings. The van der Waals surface area contributed by atoms with Crippen LogP contribution in [-0.2, 0) is 44.7 Å². The average Bonchev–Trinajstić information content (AvgIpc) is 3.48. The molecule has 35 heavy (non-hydrogen) atoms. The fourth-order valence-electron chi connectivity index (χ4n) is 3.87. The van der Waals surface area contributed by atoms with Gasteiger partial charge in [-0.05, 0) is 60.4 Å². The van der Waals surface area contributed by atoms with E-state index in [1.807, 2.05) is 24.5 Å². The zero-order chi connectivity index (χ0) is 24.3. The number of hydrogen-bond acceptors (Lipinski definition) is 5. The van der Waals surface area contributed by atoms with Crippen molar-refractivity contribution in [1.82, 2.24) is 35.3 Å². The molecule has 186 valence electrons. The molecular weight excluding hydrogens is 617 g/mol. The number of pyridine rings is 1. The molecule has 0 saturated carbocycles. The predicted octanol–water partition coefficient (Wildman–Crippen LogP) is 5.07. The molecule has 0 aromatic carbocycles. The number of aryl methyl sites for hydroxylation is 1. The third-order valence-electron chi connectivity index (χ3n) is 5.98. The van der Waals surface area contributed by atoms with Crippen LogP contribution in [0.4, 0.5) is 0 Å². The van der Waals surface area contributed by atoms with Gasteiger partial charge in [-0.25, -0.2) is 9.97 Å². The van der Waals surface area contributed by atoms with Crippen LogP contribution in [-0.4, -0.2) is 25.1 Å². The molecule has 0 radical (unpaired) electrons. The predicted molar refractivity (Wildman–Crippen MR) is 133 cm³/mol. The number of hydrogen-bond donors (Lipinski definition) is 0. The first-order chi connectivity index (χ1) is 16.1. The average molecular weight is 651 g/mol. The summed E-state index contributed by atoms with van der Waals surface area (Å²) in [5.41, 5.74) is 7.27. The van der Waals surface area contributed by atoms with Gasteiger partial charge in [0, 0.05) is 35.4 Å². The van der Waals surface area contributed by atoms with E-state index < -0.39 is 0 Å². The van der Waals surface area contributed by atoms with Crippen molar-refractivity contribution in [2.24, 2.45) is 0 Å². The van der Waals surface area contributed by atoms with E-state index in [9.17, 15) is 0 Å². The van der Waals surface area contributed by atoms with E-state index in [1.54, 1.807) is 6.20 Å². The second-order valence-corrected chi connectivity index (χ2v) is 10.8. The molecule has 7 nitrogen and oxygen atoms in total. The van der Waals surface area contributed by atoms with Gasteiger partial charge in [0.2, 0.25) is 0 Å². The van der Waals surface area contributed by atoms with Gasteiger partial charge in [0.1, 0.15) is 5.82 Å². The summed E-state index contributed by atoms with van der Waals surface area (Å²) in [6.07, 6.45) is 9.85. The maximum Gasteiger partial charge on any atom is 2.00 e. The van der Waals surface area contributed by atoms with E-state index in [0.717, 1.165) is 35.6 Å². The van der Waals surface area contributed by atoms with Gasteiger partial charge in [-0.15, -0.1) is 0 Å². The molecule has 0 spiro atoms. The van der Waals surface area contributed by atoms with E-state index in [4.69, 9.17) is 0 Å². The van der Waals surface area contributed by atoms with Crippen LogP contribution in [0.1, 0.15) is 76.9 Å². The Bertz CT molecular complexity index is 1230. The van der Waals surface area contributed by atoms with Gasteiger partial charge in [0.25, 0.3) is 0 Å². The van der Waals surface area contributed by atoms with Crippen LogP contribution in [0, 0.1) is 0 Å². The van der Waals surface area contributed by atoms with Crippen molar-refractivity contribution >= 4 is 0 Å². The SMILES string of the molecule is CC(C)(C)c1cc(-c2nccc(-c3[n-]nc4c3CCCC4)n2)[n-]n1.CC(C)(C)c1ccncc1.[Pt+2]. The first-order valence-electron chi connectivity index (χ1n) is 11.9. The van der Waals surface area contributed by atoms with E-state index >= 15 is 0 Å². The monoisotopic (exact) mass is 650 g/mol. The van der Waals surface area contributed by atoms with E-state index in [0.29, 0.717) is 11.5 Å². The molecule has 0 N–H and O–H groups in total. The topological polar surface area (TPSA) is 92.7 Å². The Kier molecular flexibility index (Phi) is 8.42. The van der Waals surface area contributed by atoms with Gasteiger partial charge in [0.05, 0.1) is 5.69 Å². The Morgan fingerprint density at radius 1 is 0.800 bits per heavy atom. The van der Waals surface area contributed by atoms with Gasteiger partial charge in [-0.3, -0.25) is 4.98 Å². The molecule has 0 saturated heterocycles. The number of aromatic nitrogens is 7. The van der Waals surface area contributed by atoms with Gasteiger partial charge < -0.3 is 20.4 Å². The molecule has 0 atom stereocenters. The minimum atomic E-state index is -0.0426. The molecule has 1 aliphatic carbocycles. The summed E-state index contributed by atoms with van der Waals surface area (Å²) in [6, 6.07) is 7.97. The van der Waals surface area contributed by atoms with Crippen molar-refractivity contribution in [1.29, 1.82) is 0 Å². The number of nitrogens with zero attached hydrogens (tertiary/aromatic N) is 7. The first kappa shape index (κ1) is 26.9. The summed E-state index contributed by atoms with van der Waals surface area (Å²) in [7, 11) is 0. The molecule has 0 bridgehead atoms. The summed E-state index contributed by atoms with van der Waals surface area (Å²) < 4.78 is 0. The standard InChI is InChI=1S/C18H20N6.C9H13N.Pt/c1-18(2,3)15-10-14(22-23-15)17-19-9-8-13(20-17)16-11-6-4-5-7-12(11)21-24-16;1-9(2,3)8-4-6-10-7-5-8;/h8-10H,4-7H2,1-3H3;4-7H,1-3H3;/q-2;;+2. The van der Waals surface area contributed by atoms with Crippen LogP contribution in [0.25, 0.3) is 22.9 Å². The molecule has 8 heteroatoms. The zero-order valence-corrected chi connectivity index (χ0v) is 23.6.